The van der Waals surface area contributed by atoms with Crippen LogP contribution < -0.4 is 14.2 Å². The van der Waals surface area contributed by atoms with Crippen LogP contribution in [0.15, 0.2) is 30.3 Å². The van der Waals surface area contributed by atoms with Crippen LogP contribution in [0.3, 0.4) is 0 Å². The van der Waals surface area contributed by atoms with Crippen LogP contribution in [0.5, 0.6) is 17.2 Å². The number of amides is 1. The van der Waals surface area contributed by atoms with E-state index in [1.54, 1.807) is 27.4 Å². The predicted octanol–water partition coefficient (Wildman–Crippen LogP) is 3.61. The minimum Gasteiger partial charge on any atom is -0.493 e. The number of halogens is 1. The molecule has 0 spiro atoms. The highest BCUT2D eigenvalue weighted by Gasteiger charge is 2.25. The molecule has 2 aliphatic rings. The number of ketones is 1. The molecule has 0 N–H and O–H groups in total. The van der Waals surface area contributed by atoms with Gasteiger partial charge in [0, 0.05) is 50.3 Å². The lowest BCUT2D eigenvalue weighted by molar-refractivity contribution is 0.0628. The van der Waals surface area contributed by atoms with Crippen molar-refractivity contribution in [1.82, 2.24) is 9.80 Å². The first-order valence-electron chi connectivity index (χ1n) is 11.0. The highest BCUT2D eigenvalue weighted by atomic mass is 35.5. The van der Waals surface area contributed by atoms with Crippen molar-refractivity contribution in [2.45, 2.75) is 25.8 Å². The molecule has 0 aromatic heterocycles. The van der Waals surface area contributed by atoms with Crippen LogP contribution in [-0.4, -0.2) is 69.0 Å². The quantitative estimate of drug-likeness (QED) is 0.637. The van der Waals surface area contributed by atoms with Crippen LogP contribution in [0.2, 0.25) is 0 Å². The standard InChI is InChI=1S/C25H30N2O5.ClH/c1-30-22-13-17(14-23(31-2)24(22)32-3)16-26-9-11-27(12-10-26)25(29)19-7-8-20-18(15-19)5-4-6-21(20)28;/h7-8,13-15H,4-6,9-12,16H2,1-3H3;1H. The van der Waals surface area contributed by atoms with Gasteiger partial charge in [-0.05, 0) is 48.2 Å². The van der Waals surface area contributed by atoms with Crippen molar-refractivity contribution in [1.29, 1.82) is 0 Å². The molecule has 1 fully saturated rings. The Kier molecular flexibility index (Phi) is 8.21. The number of aryl methyl sites for hydroxylation is 1. The van der Waals surface area contributed by atoms with Gasteiger partial charge in [0.1, 0.15) is 0 Å². The number of rotatable bonds is 6. The van der Waals surface area contributed by atoms with Gasteiger partial charge in [0.2, 0.25) is 5.75 Å². The Morgan fingerprint density at radius 1 is 0.909 bits per heavy atom. The average Bonchev–Trinajstić information content (AvgIpc) is 2.83. The van der Waals surface area contributed by atoms with Crippen molar-refractivity contribution in [3.05, 3.63) is 52.6 Å². The largest absolute Gasteiger partial charge is 0.493 e. The maximum atomic E-state index is 13.0. The highest BCUT2D eigenvalue weighted by Crippen LogP contribution is 2.38. The number of hydrogen-bond acceptors (Lipinski definition) is 6. The molecule has 8 heteroatoms. The molecular weight excluding hydrogens is 444 g/mol. The Bertz CT molecular complexity index is 993. The van der Waals surface area contributed by atoms with Crippen LogP contribution in [0.25, 0.3) is 0 Å². The van der Waals surface area contributed by atoms with E-state index in [0.717, 1.165) is 49.2 Å². The van der Waals surface area contributed by atoms with Gasteiger partial charge in [-0.25, -0.2) is 0 Å². The summed E-state index contributed by atoms with van der Waals surface area (Å²) >= 11 is 0. The first kappa shape index (κ1) is 24.9. The van der Waals surface area contributed by atoms with E-state index in [1.807, 2.05) is 29.2 Å². The molecule has 0 bridgehead atoms. The lowest BCUT2D eigenvalue weighted by atomic mass is 9.89. The van der Waals surface area contributed by atoms with Crippen molar-refractivity contribution in [2.75, 3.05) is 47.5 Å². The van der Waals surface area contributed by atoms with Crippen molar-refractivity contribution in [3.63, 3.8) is 0 Å². The number of benzene rings is 2. The summed E-state index contributed by atoms with van der Waals surface area (Å²) in [6, 6.07) is 9.47. The molecule has 1 aliphatic heterocycles. The second-order valence-electron chi connectivity index (χ2n) is 8.25. The van der Waals surface area contributed by atoms with E-state index >= 15 is 0 Å². The molecule has 2 aromatic carbocycles. The summed E-state index contributed by atoms with van der Waals surface area (Å²) in [6.07, 6.45) is 2.34. The summed E-state index contributed by atoms with van der Waals surface area (Å²) in [5.74, 6) is 2.09. The second-order valence-corrected chi connectivity index (χ2v) is 8.25. The van der Waals surface area contributed by atoms with E-state index in [-0.39, 0.29) is 24.1 Å². The predicted molar refractivity (Wildman–Crippen MR) is 128 cm³/mol. The number of nitrogens with zero attached hydrogens (tertiary/aromatic N) is 2. The van der Waals surface area contributed by atoms with Gasteiger partial charge in [-0.3, -0.25) is 14.5 Å². The maximum Gasteiger partial charge on any atom is 0.253 e. The number of fused-ring (bicyclic) bond motifs is 1. The van der Waals surface area contributed by atoms with Crippen molar-refractivity contribution < 1.29 is 23.8 Å². The summed E-state index contributed by atoms with van der Waals surface area (Å²) in [6.45, 7) is 3.63. The minimum atomic E-state index is 0. The van der Waals surface area contributed by atoms with E-state index in [9.17, 15) is 9.59 Å². The summed E-state index contributed by atoms with van der Waals surface area (Å²) in [5.41, 5.74) is 3.53. The van der Waals surface area contributed by atoms with Gasteiger partial charge >= 0.3 is 0 Å². The fraction of sp³-hybridized carbons (Fsp3) is 0.440. The molecule has 33 heavy (non-hydrogen) atoms. The summed E-state index contributed by atoms with van der Waals surface area (Å²) in [7, 11) is 4.82. The third-order valence-corrected chi connectivity index (χ3v) is 6.29. The van der Waals surface area contributed by atoms with E-state index < -0.39 is 0 Å². The number of hydrogen-bond donors (Lipinski definition) is 0. The van der Waals surface area contributed by atoms with Crippen LogP contribution in [-0.2, 0) is 13.0 Å². The Morgan fingerprint density at radius 3 is 2.18 bits per heavy atom. The Morgan fingerprint density at radius 2 is 1.58 bits per heavy atom. The summed E-state index contributed by atoms with van der Waals surface area (Å²) in [4.78, 5) is 29.3. The molecule has 0 radical (unpaired) electrons. The molecule has 1 heterocycles. The number of ether oxygens (including phenoxy) is 3. The van der Waals surface area contributed by atoms with Crippen molar-refractivity contribution >= 4 is 24.1 Å². The molecule has 1 amide bonds. The van der Waals surface area contributed by atoms with Crippen molar-refractivity contribution in [3.8, 4) is 17.2 Å². The lowest BCUT2D eigenvalue weighted by Crippen LogP contribution is -2.48. The third kappa shape index (κ3) is 5.25. The van der Waals surface area contributed by atoms with Crippen LogP contribution in [0, 0.1) is 0 Å². The van der Waals surface area contributed by atoms with Gasteiger partial charge in [0.05, 0.1) is 21.3 Å². The Labute approximate surface area is 201 Å². The molecule has 1 saturated heterocycles. The molecule has 4 rings (SSSR count). The van der Waals surface area contributed by atoms with Gasteiger partial charge in [-0.1, -0.05) is 6.07 Å². The number of carbonyl (C=O) groups excluding carboxylic acids is 2. The number of piperazine rings is 1. The maximum absolute atomic E-state index is 13.0. The number of methoxy groups -OCH3 is 3. The van der Waals surface area contributed by atoms with Crippen molar-refractivity contribution in [2.24, 2.45) is 0 Å². The van der Waals surface area contributed by atoms with E-state index in [0.29, 0.717) is 42.3 Å². The smallest absolute Gasteiger partial charge is 0.253 e. The molecule has 0 saturated carbocycles. The molecule has 178 valence electrons. The molecule has 7 nitrogen and oxygen atoms in total. The third-order valence-electron chi connectivity index (χ3n) is 6.29. The van der Waals surface area contributed by atoms with Gasteiger partial charge in [-0.15, -0.1) is 12.4 Å². The monoisotopic (exact) mass is 474 g/mol. The molecule has 0 unspecified atom stereocenters. The highest BCUT2D eigenvalue weighted by molar-refractivity contribution is 6.01. The lowest BCUT2D eigenvalue weighted by Gasteiger charge is -2.35. The van der Waals surface area contributed by atoms with E-state index in [2.05, 4.69) is 4.90 Å². The van der Waals surface area contributed by atoms with Crippen LogP contribution in [0.4, 0.5) is 0 Å². The summed E-state index contributed by atoms with van der Waals surface area (Å²) < 4.78 is 16.3. The molecule has 0 atom stereocenters. The van der Waals surface area contributed by atoms with Gasteiger partial charge < -0.3 is 19.1 Å². The topological polar surface area (TPSA) is 68.3 Å². The zero-order chi connectivity index (χ0) is 22.7. The van der Waals surface area contributed by atoms with Crippen LogP contribution >= 0.6 is 12.4 Å². The SMILES string of the molecule is COc1cc(CN2CCN(C(=O)c3ccc4c(c3)CCCC4=O)CC2)cc(OC)c1OC.Cl. The zero-order valence-corrected chi connectivity index (χ0v) is 20.2. The Hall–Kier alpha value is -2.77. The fourth-order valence-corrected chi connectivity index (χ4v) is 4.56. The fourth-order valence-electron chi connectivity index (χ4n) is 4.56. The van der Waals surface area contributed by atoms with E-state index in [4.69, 9.17) is 14.2 Å². The first-order chi connectivity index (χ1) is 15.5. The normalized spacial score (nSPS) is 16.0. The second kappa shape index (κ2) is 10.9. The zero-order valence-electron chi connectivity index (χ0n) is 19.4. The van der Waals surface area contributed by atoms with Gasteiger partial charge in [0.15, 0.2) is 17.3 Å². The number of Topliss-reactive ketones (excluding diaryl/α,β-unsaturated/α-hetero) is 1. The average molecular weight is 475 g/mol. The molecule has 1 aliphatic carbocycles. The molecular formula is C25H31ClN2O5. The Balaban J connectivity index is 0.00000306. The first-order valence-corrected chi connectivity index (χ1v) is 11.0. The van der Waals surface area contributed by atoms with Crippen LogP contribution in [0.1, 0.15) is 44.7 Å². The van der Waals surface area contributed by atoms with E-state index in [1.165, 1.54) is 0 Å². The van der Waals surface area contributed by atoms with Gasteiger partial charge in [-0.2, -0.15) is 0 Å². The number of carbonyl (C=O) groups is 2. The summed E-state index contributed by atoms with van der Waals surface area (Å²) in [5, 5.41) is 0. The minimum absolute atomic E-state index is 0. The molecule has 2 aromatic rings. The van der Waals surface area contributed by atoms with Gasteiger partial charge in [0.25, 0.3) is 5.91 Å².